The molecule has 0 unspecified atom stereocenters. The molecule has 0 spiro atoms. The van der Waals surface area contributed by atoms with Crippen molar-refractivity contribution < 1.29 is 4.79 Å². The molecule has 0 atom stereocenters. The molecule has 4 rings (SSSR count). The summed E-state index contributed by atoms with van der Waals surface area (Å²) in [6.07, 6.45) is 2.11. The zero-order valence-electron chi connectivity index (χ0n) is 15.9. The third-order valence-electron chi connectivity index (χ3n) is 4.99. The molecular formula is C20H26N6O. The molecule has 2 aliphatic rings. The van der Waals surface area contributed by atoms with Crippen molar-refractivity contribution in [2.75, 3.05) is 43.4 Å². The lowest BCUT2D eigenvalue weighted by Gasteiger charge is -2.34. The van der Waals surface area contributed by atoms with Gasteiger partial charge in [0.15, 0.2) is 0 Å². The van der Waals surface area contributed by atoms with Gasteiger partial charge in [0, 0.05) is 49.3 Å². The first-order valence-corrected chi connectivity index (χ1v) is 9.54. The van der Waals surface area contributed by atoms with Crippen LogP contribution in [0, 0.1) is 6.92 Å². The van der Waals surface area contributed by atoms with E-state index < -0.39 is 0 Å². The van der Waals surface area contributed by atoms with Gasteiger partial charge in [-0.3, -0.25) is 4.79 Å². The van der Waals surface area contributed by atoms with Gasteiger partial charge in [0.05, 0.1) is 0 Å². The Balaban J connectivity index is 1.44. The Bertz CT molecular complexity index is 810. The normalized spacial score (nSPS) is 17.6. The number of hydrogen-bond acceptors (Lipinski definition) is 6. The number of nitrogens with one attached hydrogen (secondary N) is 2. The first-order valence-electron chi connectivity index (χ1n) is 9.54. The maximum absolute atomic E-state index is 12.3. The van der Waals surface area contributed by atoms with Crippen LogP contribution in [0.4, 0.5) is 17.3 Å². The summed E-state index contributed by atoms with van der Waals surface area (Å²) in [5.41, 5.74) is 3.31. The van der Waals surface area contributed by atoms with E-state index in [9.17, 15) is 4.79 Å². The molecule has 1 aliphatic heterocycles. The molecule has 142 valence electrons. The van der Waals surface area contributed by atoms with Crippen LogP contribution >= 0.6 is 0 Å². The number of hydrogen-bond donors (Lipinski definition) is 2. The van der Waals surface area contributed by atoms with Crippen LogP contribution in [0.1, 0.15) is 29.0 Å². The van der Waals surface area contributed by atoms with Gasteiger partial charge in [0.25, 0.3) is 5.91 Å². The fraction of sp³-hybridized carbons (Fsp3) is 0.450. The van der Waals surface area contributed by atoms with Crippen LogP contribution < -0.4 is 15.5 Å². The van der Waals surface area contributed by atoms with Crippen LogP contribution in [0.3, 0.4) is 0 Å². The lowest BCUT2D eigenvalue weighted by Crippen LogP contribution is -2.44. The summed E-state index contributed by atoms with van der Waals surface area (Å²) in [5, 5.41) is 6.19. The van der Waals surface area contributed by atoms with Crippen LogP contribution in [-0.2, 0) is 0 Å². The number of carbonyl (C=O) groups excluding carboxylic acids is 1. The van der Waals surface area contributed by atoms with Crippen molar-refractivity contribution in [1.29, 1.82) is 0 Å². The predicted octanol–water partition coefficient (Wildman–Crippen LogP) is 2.17. The molecule has 1 aromatic heterocycles. The molecule has 2 fully saturated rings. The summed E-state index contributed by atoms with van der Waals surface area (Å²) in [6.45, 7) is 6.14. The minimum atomic E-state index is -0.128. The van der Waals surface area contributed by atoms with Crippen molar-refractivity contribution in [2.45, 2.75) is 25.8 Å². The van der Waals surface area contributed by atoms with Gasteiger partial charge in [-0.1, -0.05) is 0 Å². The van der Waals surface area contributed by atoms with E-state index in [2.05, 4.69) is 49.6 Å². The monoisotopic (exact) mass is 366 g/mol. The maximum Gasteiger partial charge on any atom is 0.270 e. The second kappa shape index (κ2) is 7.52. The van der Waals surface area contributed by atoms with E-state index in [0.29, 0.717) is 17.7 Å². The minimum absolute atomic E-state index is 0.128. The van der Waals surface area contributed by atoms with E-state index in [0.717, 1.165) is 50.4 Å². The summed E-state index contributed by atoms with van der Waals surface area (Å²) >= 11 is 0. The summed E-state index contributed by atoms with van der Waals surface area (Å²) in [4.78, 5) is 25.8. The van der Waals surface area contributed by atoms with Crippen molar-refractivity contribution in [2.24, 2.45) is 0 Å². The largest absolute Gasteiger partial charge is 0.369 e. The van der Waals surface area contributed by atoms with Gasteiger partial charge in [-0.2, -0.15) is 0 Å². The third-order valence-corrected chi connectivity index (χ3v) is 4.99. The Morgan fingerprint density at radius 3 is 2.44 bits per heavy atom. The predicted molar refractivity (Wildman–Crippen MR) is 107 cm³/mol. The summed E-state index contributed by atoms with van der Waals surface area (Å²) < 4.78 is 0. The molecule has 2 heterocycles. The molecule has 1 aliphatic carbocycles. The van der Waals surface area contributed by atoms with E-state index in [4.69, 9.17) is 0 Å². The number of nitrogens with zero attached hydrogens (tertiary/aromatic N) is 4. The molecule has 7 heteroatoms. The summed E-state index contributed by atoms with van der Waals surface area (Å²) in [5.74, 6) is 0.319. The number of benzene rings is 1. The van der Waals surface area contributed by atoms with E-state index in [-0.39, 0.29) is 5.91 Å². The van der Waals surface area contributed by atoms with Crippen LogP contribution in [0.5, 0.6) is 0 Å². The molecular weight excluding hydrogens is 340 g/mol. The number of aromatic nitrogens is 2. The fourth-order valence-electron chi connectivity index (χ4n) is 3.18. The van der Waals surface area contributed by atoms with Crippen LogP contribution in [0.15, 0.2) is 30.3 Å². The van der Waals surface area contributed by atoms with Gasteiger partial charge in [0.2, 0.25) is 5.95 Å². The summed E-state index contributed by atoms with van der Waals surface area (Å²) in [6, 6.07) is 10.3. The molecule has 1 amide bonds. The summed E-state index contributed by atoms with van der Waals surface area (Å²) in [7, 11) is 2.16. The van der Waals surface area contributed by atoms with Crippen molar-refractivity contribution in [3.05, 3.63) is 41.7 Å². The zero-order chi connectivity index (χ0) is 18.8. The van der Waals surface area contributed by atoms with Gasteiger partial charge in [-0.15, -0.1) is 0 Å². The Kier molecular flexibility index (Phi) is 4.94. The van der Waals surface area contributed by atoms with Gasteiger partial charge in [-0.25, -0.2) is 9.97 Å². The van der Waals surface area contributed by atoms with Crippen molar-refractivity contribution in [1.82, 2.24) is 20.2 Å². The second-order valence-corrected chi connectivity index (χ2v) is 7.43. The highest BCUT2D eigenvalue weighted by Crippen LogP contribution is 2.22. The molecule has 1 saturated carbocycles. The maximum atomic E-state index is 12.3. The standard InChI is InChI=1S/C20H26N6O/c1-14-13-18(19(27)22-15-3-4-15)24-20(21-14)23-16-5-7-17(8-6-16)26-11-9-25(2)10-12-26/h5-8,13,15H,3-4,9-12H2,1-2H3,(H,22,27)(H,21,23,24). The first-order chi connectivity index (χ1) is 13.1. The van der Waals surface area contributed by atoms with Gasteiger partial charge >= 0.3 is 0 Å². The Morgan fingerprint density at radius 1 is 1.07 bits per heavy atom. The van der Waals surface area contributed by atoms with Crippen LogP contribution in [0.2, 0.25) is 0 Å². The van der Waals surface area contributed by atoms with Crippen molar-refractivity contribution in [3.63, 3.8) is 0 Å². The van der Waals surface area contributed by atoms with Gasteiger partial charge < -0.3 is 20.4 Å². The number of piperazine rings is 1. The Hall–Kier alpha value is -2.67. The number of amides is 1. The highest BCUT2D eigenvalue weighted by Gasteiger charge is 2.24. The Labute approximate surface area is 159 Å². The van der Waals surface area contributed by atoms with E-state index in [1.54, 1.807) is 6.07 Å². The number of rotatable bonds is 5. The smallest absolute Gasteiger partial charge is 0.270 e. The molecule has 2 N–H and O–H groups in total. The van der Waals surface area contributed by atoms with E-state index in [1.807, 2.05) is 19.1 Å². The second-order valence-electron chi connectivity index (χ2n) is 7.43. The molecule has 1 saturated heterocycles. The number of carbonyl (C=O) groups is 1. The number of aryl methyl sites for hydroxylation is 1. The molecule has 7 nitrogen and oxygen atoms in total. The third kappa shape index (κ3) is 4.54. The molecule has 0 radical (unpaired) electrons. The fourth-order valence-corrected chi connectivity index (χ4v) is 3.18. The van der Waals surface area contributed by atoms with E-state index >= 15 is 0 Å². The first kappa shape index (κ1) is 17.7. The van der Waals surface area contributed by atoms with Crippen LogP contribution in [-0.4, -0.2) is 60.0 Å². The lowest BCUT2D eigenvalue weighted by molar-refractivity contribution is 0.0946. The molecule has 27 heavy (non-hydrogen) atoms. The Morgan fingerprint density at radius 2 is 1.78 bits per heavy atom. The quantitative estimate of drug-likeness (QED) is 0.845. The number of anilines is 3. The van der Waals surface area contributed by atoms with E-state index in [1.165, 1.54) is 5.69 Å². The zero-order valence-corrected chi connectivity index (χ0v) is 15.9. The van der Waals surface area contributed by atoms with Crippen molar-refractivity contribution >= 4 is 23.2 Å². The highest BCUT2D eigenvalue weighted by molar-refractivity contribution is 5.93. The molecule has 1 aromatic carbocycles. The van der Waals surface area contributed by atoms with Gasteiger partial charge in [0.1, 0.15) is 5.69 Å². The highest BCUT2D eigenvalue weighted by atomic mass is 16.2. The van der Waals surface area contributed by atoms with Gasteiger partial charge in [-0.05, 0) is 57.1 Å². The number of likely N-dealkylation sites (N-methyl/N-ethyl adjacent to an activating group) is 1. The minimum Gasteiger partial charge on any atom is -0.369 e. The average Bonchev–Trinajstić information content (AvgIpc) is 3.47. The SMILES string of the molecule is Cc1cc(C(=O)NC2CC2)nc(Nc2ccc(N3CCN(C)CC3)cc2)n1. The topological polar surface area (TPSA) is 73.4 Å². The van der Waals surface area contributed by atoms with Crippen molar-refractivity contribution in [3.8, 4) is 0 Å². The molecule has 2 aromatic rings. The molecule has 0 bridgehead atoms. The van der Waals surface area contributed by atoms with Crippen LogP contribution in [0.25, 0.3) is 0 Å². The lowest BCUT2D eigenvalue weighted by atomic mass is 10.2. The average molecular weight is 366 g/mol.